The Labute approximate surface area is 130 Å². The molecule has 2 heterocycles. The van der Waals surface area contributed by atoms with Crippen LogP contribution in [0.15, 0.2) is 12.4 Å². The predicted octanol–water partition coefficient (Wildman–Crippen LogP) is 1.43. The summed E-state index contributed by atoms with van der Waals surface area (Å²) in [7, 11) is 1.81. The fourth-order valence-corrected chi connectivity index (χ4v) is 3.12. The minimum Gasteiger partial charge on any atom is -0.338 e. The third-order valence-electron chi connectivity index (χ3n) is 4.39. The number of aromatic nitrogens is 2. The van der Waals surface area contributed by atoms with Crippen molar-refractivity contribution in [3.63, 3.8) is 0 Å². The highest BCUT2D eigenvalue weighted by Crippen LogP contribution is 2.29. The van der Waals surface area contributed by atoms with E-state index in [4.69, 9.17) is 0 Å². The monoisotopic (exact) mass is 305 g/mol. The highest BCUT2D eigenvalue weighted by Gasteiger charge is 2.36. The van der Waals surface area contributed by atoms with Gasteiger partial charge in [-0.1, -0.05) is 0 Å². The summed E-state index contributed by atoms with van der Waals surface area (Å²) >= 11 is 0. The van der Waals surface area contributed by atoms with Gasteiger partial charge in [0.1, 0.15) is 0 Å². The topological polar surface area (TPSA) is 70.5 Å². The number of rotatable bonds is 4. The second-order valence-electron chi connectivity index (χ2n) is 6.22. The van der Waals surface area contributed by atoms with E-state index in [2.05, 4.69) is 10.4 Å². The quantitative estimate of drug-likeness (QED) is 0.914. The van der Waals surface area contributed by atoms with Gasteiger partial charge < -0.3 is 15.1 Å². The van der Waals surface area contributed by atoms with E-state index in [1.165, 1.54) is 0 Å². The van der Waals surface area contributed by atoms with E-state index in [9.17, 15) is 9.59 Å². The molecule has 1 aromatic rings. The molecule has 0 spiro atoms. The van der Waals surface area contributed by atoms with Crippen LogP contribution >= 0.6 is 0 Å². The number of aryl methyl sites for hydroxylation is 1. The van der Waals surface area contributed by atoms with E-state index >= 15 is 0 Å². The Kier molecular flexibility index (Phi) is 4.04. The van der Waals surface area contributed by atoms with Gasteiger partial charge in [0, 0.05) is 39.3 Å². The van der Waals surface area contributed by atoms with Gasteiger partial charge in [0.25, 0.3) is 0 Å². The van der Waals surface area contributed by atoms with Crippen LogP contribution in [0.2, 0.25) is 0 Å². The van der Waals surface area contributed by atoms with Gasteiger partial charge in [-0.2, -0.15) is 5.10 Å². The largest absolute Gasteiger partial charge is 0.338 e. The van der Waals surface area contributed by atoms with Gasteiger partial charge in [-0.25, -0.2) is 4.79 Å². The first kappa shape index (κ1) is 14.9. The van der Waals surface area contributed by atoms with E-state index in [0.717, 1.165) is 32.2 Å². The molecule has 2 aliphatic rings. The van der Waals surface area contributed by atoms with E-state index < -0.39 is 0 Å². The normalized spacial score (nSPS) is 21.0. The van der Waals surface area contributed by atoms with Crippen LogP contribution in [0.25, 0.3) is 0 Å². The Balaban J connectivity index is 1.62. The summed E-state index contributed by atoms with van der Waals surface area (Å²) in [4.78, 5) is 28.0. The maximum absolute atomic E-state index is 12.4. The van der Waals surface area contributed by atoms with Crippen molar-refractivity contribution < 1.29 is 9.59 Å². The molecule has 3 rings (SSSR count). The zero-order chi connectivity index (χ0) is 15.7. The lowest BCUT2D eigenvalue weighted by molar-refractivity contribution is -0.130. The summed E-state index contributed by atoms with van der Waals surface area (Å²) in [6, 6.07) is 0.400. The molecule has 0 bridgehead atoms. The summed E-state index contributed by atoms with van der Waals surface area (Å²) in [5.74, 6) is 0.113. The average molecular weight is 305 g/mol. The molecule has 1 aromatic heterocycles. The summed E-state index contributed by atoms with van der Waals surface area (Å²) < 4.78 is 1.65. The van der Waals surface area contributed by atoms with Crippen molar-refractivity contribution >= 4 is 17.6 Å². The molecule has 1 N–H and O–H groups in total. The molecule has 2 fully saturated rings. The first-order chi connectivity index (χ1) is 10.5. The molecule has 1 saturated heterocycles. The third kappa shape index (κ3) is 3.23. The lowest BCUT2D eigenvalue weighted by Gasteiger charge is -2.30. The lowest BCUT2D eigenvalue weighted by Crippen LogP contribution is -2.46. The van der Waals surface area contributed by atoms with Crippen LogP contribution in [0.3, 0.4) is 0 Å². The summed E-state index contributed by atoms with van der Waals surface area (Å²) in [6.07, 6.45) is 7.53. The second kappa shape index (κ2) is 5.98. The van der Waals surface area contributed by atoms with Crippen molar-refractivity contribution in [2.24, 2.45) is 7.05 Å². The van der Waals surface area contributed by atoms with Crippen molar-refractivity contribution in [1.82, 2.24) is 19.6 Å². The number of nitrogens with zero attached hydrogens (tertiary/aromatic N) is 4. The average Bonchev–Trinajstić information content (AvgIpc) is 3.05. The first-order valence-corrected chi connectivity index (χ1v) is 7.88. The van der Waals surface area contributed by atoms with Crippen LogP contribution in [0.4, 0.5) is 10.5 Å². The minimum absolute atomic E-state index is 0.102. The number of urea groups is 1. The summed E-state index contributed by atoms with van der Waals surface area (Å²) in [5, 5.41) is 6.93. The lowest BCUT2D eigenvalue weighted by atomic mass is 10.2. The highest BCUT2D eigenvalue weighted by atomic mass is 16.2. The molecular weight excluding hydrogens is 282 g/mol. The molecular formula is C15H23N5O2. The fraction of sp³-hybridized carbons (Fsp3) is 0.667. The van der Waals surface area contributed by atoms with Gasteiger partial charge in [-0.3, -0.25) is 9.48 Å². The van der Waals surface area contributed by atoms with E-state index in [-0.39, 0.29) is 18.0 Å². The van der Waals surface area contributed by atoms with Gasteiger partial charge in [0.05, 0.1) is 17.9 Å². The Morgan fingerprint density at radius 2 is 2.18 bits per heavy atom. The van der Waals surface area contributed by atoms with Crippen LogP contribution < -0.4 is 5.32 Å². The highest BCUT2D eigenvalue weighted by molar-refractivity contribution is 5.89. The Morgan fingerprint density at radius 1 is 1.41 bits per heavy atom. The zero-order valence-corrected chi connectivity index (χ0v) is 13.2. The van der Waals surface area contributed by atoms with E-state index in [1.54, 1.807) is 24.0 Å². The maximum Gasteiger partial charge on any atom is 0.322 e. The molecule has 7 nitrogen and oxygen atoms in total. The SMILES string of the molecule is CC(=O)N(CC1CCCN1C(=O)Nc1cnn(C)c1)C1CC1. The van der Waals surface area contributed by atoms with Crippen molar-refractivity contribution in [3.8, 4) is 0 Å². The number of likely N-dealkylation sites (tertiary alicyclic amines) is 1. The number of nitrogens with one attached hydrogen (secondary N) is 1. The van der Waals surface area contributed by atoms with E-state index in [1.807, 2.05) is 16.8 Å². The molecule has 3 amide bonds. The third-order valence-corrected chi connectivity index (χ3v) is 4.39. The van der Waals surface area contributed by atoms with E-state index in [0.29, 0.717) is 18.3 Å². The Morgan fingerprint density at radius 3 is 2.77 bits per heavy atom. The number of amides is 3. The number of anilines is 1. The first-order valence-electron chi connectivity index (χ1n) is 7.88. The molecule has 22 heavy (non-hydrogen) atoms. The van der Waals surface area contributed by atoms with Gasteiger partial charge in [0.15, 0.2) is 0 Å². The number of hydrogen-bond acceptors (Lipinski definition) is 3. The van der Waals surface area contributed by atoms with Gasteiger partial charge >= 0.3 is 6.03 Å². The summed E-state index contributed by atoms with van der Waals surface area (Å²) in [5.41, 5.74) is 0.698. The molecule has 0 radical (unpaired) electrons. The van der Waals surface area contributed by atoms with Gasteiger partial charge in [-0.15, -0.1) is 0 Å². The van der Waals surface area contributed by atoms with Crippen LogP contribution in [0, 0.1) is 0 Å². The Hall–Kier alpha value is -2.05. The molecule has 0 aromatic carbocycles. The van der Waals surface area contributed by atoms with Crippen LogP contribution in [0.1, 0.15) is 32.6 Å². The molecule has 1 aliphatic heterocycles. The molecule has 1 aliphatic carbocycles. The maximum atomic E-state index is 12.4. The smallest absolute Gasteiger partial charge is 0.322 e. The van der Waals surface area contributed by atoms with Gasteiger partial charge in [0.2, 0.25) is 5.91 Å². The van der Waals surface area contributed by atoms with Crippen molar-refractivity contribution in [2.45, 2.75) is 44.7 Å². The standard InChI is InChI=1S/C15H23N5O2/c1-11(21)20(13-5-6-13)10-14-4-3-7-19(14)15(22)17-12-8-16-18(2)9-12/h8-9,13-14H,3-7,10H2,1-2H3,(H,17,22). The molecule has 120 valence electrons. The molecule has 1 unspecified atom stereocenters. The number of carbonyl (C=O) groups excluding carboxylic acids is 2. The van der Waals surface area contributed by atoms with Crippen molar-refractivity contribution in [3.05, 3.63) is 12.4 Å². The van der Waals surface area contributed by atoms with Gasteiger partial charge in [-0.05, 0) is 25.7 Å². The second-order valence-corrected chi connectivity index (χ2v) is 6.22. The van der Waals surface area contributed by atoms with Crippen LogP contribution in [0.5, 0.6) is 0 Å². The predicted molar refractivity (Wildman–Crippen MR) is 82.4 cm³/mol. The van der Waals surface area contributed by atoms with Crippen molar-refractivity contribution in [1.29, 1.82) is 0 Å². The number of hydrogen-bond donors (Lipinski definition) is 1. The fourth-order valence-electron chi connectivity index (χ4n) is 3.12. The summed E-state index contributed by atoms with van der Waals surface area (Å²) in [6.45, 7) is 3.01. The molecule has 1 saturated carbocycles. The molecule has 1 atom stereocenters. The zero-order valence-electron chi connectivity index (χ0n) is 13.2. The van der Waals surface area contributed by atoms with Crippen LogP contribution in [-0.4, -0.2) is 56.7 Å². The van der Waals surface area contributed by atoms with Crippen LogP contribution in [-0.2, 0) is 11.8 Å². The minimum atomic E-state index is -0.102. The number of carbonyl (C=O) groups is 2. The Bertz CT molecular complexity index is 566. The van der Waals surface area contributed by atoms with Crippen molar-refractivity contribution in [2.75, 3.05) is 18.4 Å². The molecule has 7 heteroatoms.